The Bertz CT molecular complexity index is 722. The van der Waals surface area contributed by atoms with Crippen molar-refractivity contribution >= 4 is 5.97 Å². The highest BCUT2D eigenvalue weighted by Crippen LogP contribution is 2.34. The lowest BCUT2D eigenvalue weighted by Gasteiger charge is -2.35. The van der Waals surface area contributed by atoms with Crippen LogP contribution >= 0.6 is 0 Å². The molecule has 0 spiro atoms. The van der Waals surface area contributed by atoms with Crippen molar-refractivity contribution in [2.75, 3.05) is 13.7 Å². The molecule has 0 bridgehead atoms. The summed E-state index contributed by atoms with van der Waals surface area (Å²) in [5.41, 5.74) is 2.17. The smallest absolute Gasteiger partial charge is 0.323 e. The standard InChI is InChI=1S/C22H27NO4/c1-16(18-11-7-4-8-12-18)23-19(22(25)26-2)13-21(24)20(23)15-27-14-17-9-5-3-6-10-17/h3-12,16,19-21,24H,13-15H2,1-2H3/t16-,19+,20-,21+/m0/s1. The number of hydrogen-bond donors (Lipinski definition) is 1. The minimum atomic E-state index is -0.643. The van der Waals surface area contributed by atoms with Gasteiger partial charge in [0.25, 0.3) is 0 Å². The van der Waals surface area contributed by atoms with E-state index in [1.807, 2.05) is 72.5 Å². The number of aliphatic hydroxyl groups excluding tert-OH is 1. The van der Waals surface area contributed by atoms with E-state index in [-0.39, 0.29) is 18.1 Å². The highest BCUT2D eigenvalue weighted by molar-refractivity contribution is 5.76. The fourth-order valence-corrected chi connectivity index (χ4v) is 3.82. The van der Waals surface area contributed by atoms with Gasteiger partial charge in [0.05, 0.1) is 32.5 Å². The first-order valence-corrected chi connectivity index (χ1v) is 9.31. The van der Waals surface area contributed by atoms with Gasteiger partial charge in [0.1, 0.15) is 6.04 Å². The second-order valence-corrected chi connectivity index (χ2v) is 6.94. The number of esters is 1. The monoisotopic (exact) mass is 369 g/mol. The van der Waals surface area contributed by atoms with Gasteiger partial charge in [0.15, 0.2) is 0 Å². The van der Waals surface area contributed by atoms with Crippen LogP contribution in [-0.2, 0) is 20.9 Å². The zero-order valence-electron chi connectivity index (χ0n) is 15.8. The van der Waals surface area contributed by atoms with Gasteiger partial charge in [-0.05, 0) is 18.1 Å². The molecule has 0 radical (unpaired) electrons. The summed E-state index contributed by atoms with van der Waals surface area (Å²) in [5, 5.41) is 10.6. The lowest BCUT2D eigenvalue weighted by Crippen LogP contribution is -2.46. The first kappa shape index (κ1) is 19.5. The summed E-state index contributed by atoms with van der Waals surface area (Å²) in [6.07, 6.45) is -0.292. The molecule has 1 aliphatic heterocycles. The molecule has 1 heterocycles. The molecule has 2 aromatic rings. The fourth-order valence-electron chi connectivity index (χ4n) is 3.82. The minimum Gasteiger partial charge on any atom is -0.468 e. The van der Waals surface area contributed by atoms with Gasteiger partial charge in [-0.1, -0.05) is 60.7 Å². The maximum atomic E-state index is 12.3. The van der Waals surface area contributed by atoms with Gasteiger partial charge in [0.2, 0.25) is 0 Å². The molecule has 2 aromatic carbocycles. The first-order valence-electron chi connectivity index (χ1n) is 9.31. The molecule has 3 rings (SSSR count). The zero-order chi connectivity index (χ0) is 19.2. The molecule has 1 N–H and O–H groups in total. The molecule has 4 atom stereocenters. The lowest BCUT2D eigenvalue weighted by molar-refractivity contribution is -0.147. The summed E-state index contributed by atoms with van der Waals surface area (Å²) in [6, 6.07) is 19.1. The van der Waals surface area contributed by atoms with Crippen molar-refractivity contribution in [2.24, 2.45) is 0 Å². The van der Waals surface area contributed by atoms with Crippen LogP contribution in [0.15, 0.2) is 60.7 Å². The number of carbonyl (C=O) groups excluding carboxylic acids is 1. The van der Waals surface area contributed by atoms with E-state index in [9.17, 15) is 9.90 Å². The van der Waals surface area contributed by atoms with E-state index in [4.69, 9.17) is 9.47 Å². The number of hydrogen-bond acceptors (Lipinski definition) is 5. The molecular formula is C22H27NO4. The third-order valence-corrected chi connectivity index (χ3v) is 5.25. The average Bonchev–Trinajstić information content (AvgIpc) is 3.04. The first-order chi connectivity index (χ1) is 13.1. The molecule has 1 saturated heterocycles. The van der Waals surface area contributed by atoms with Crippen molar-refractivity contribution in [1.82, 2.24) is 4.90 Å². The predicted octanol–water partition coefficient (Wildman–Crippen LogP) is 2.94. The Kier molecular flexibility index (Phi) is 6.61. The highest BCUT2D eigenvalue weighted by Gasteiger charge is 2.46. The minimum absolute atomic E-state index is 0.0437. The van der Waals surface area contributed by atoms with Crippen molar-refractivity contribution in [1.29, 1.82) is 0 Å². The Labute approximate surface area is 160 Å². The normalized spacial score (nSPS) is 23.9. The van der Waals surface area contributed by atoms with Gasteiger partial charge in [-0.15, -0.1) is 0 Å². The van der Waals surface area contributed by atoms with Gasteiger partial charge >= 0.3 is 5.97 Å². The summed E-state index contributed by atoms with van der Waals surface area (Å²) >= 11 is 0. The molecule has 0 aliphatic carbocycles. The Hall–Kier alpha value is -2.21. The van der Waals surface area contributed by atoms with E-state index < -0.39 is 12.1 Å². The summed E-state index contributed by atoms with van der Waals surface area (Å²) in [6.45, 7) is 2.87. The summed E-state index contributed by atoms with van der Waals surface area (Å²) in [7, 11) is 1.39. The lowest BCUT2D eigenvalue weighted by atomic mass is 10.0. The van der Waals surface area contributed by atoms with E-state index in [2.05, 4.69) is 0 Å². The number of methoxy groups -OCH3 is 1. The predicted molar refractivity (Wildman–Crippen MR) is 103 cm³/mol. The second kappa shape index (κ2) is 9.13. The maximum absolute atomic E-state index is 12.3. The van der Waals surface area contributed by atoms with E-state index >= 15 is 0 Å². The Balaban J connectivity index is 1.75. The Morgan fingerprint density at radius 3 is 2.41 bits per heavy atom. The number of likely N-dealkylation sites (tertiary alicyclic amines) is 1. The summed E-state index contributed by atoms with van der Waals surface area (Å²) in [4.78, 5) is 14.4. The van der Waals surface area contributed by atoms with E-state index in [0.29, 0.717) is 19.6 Å². The summed E-state index contributed by atoms with van der Waals surface area (Å²) < 4.78 is 10.9. The molecule has 27 heavy (non-hydrogen) atoms. The molecule has 0 saturated carbocycles. The maximum Gasteiger partial charge on any atom is 0.323 e. The van der Waals surface area contributed by atoms with Crippen LogP contribution in [0.1, 0.15) is 30.5 Å². The van der Waals surface area contributed by atoms with E-state index in [1.165, 1.54) is 7.11 Å². The number of aliphatic hydroxyl groups is 1. The molecule has 1 fully saturated rings. The third kappa shape index (κ3) is 4.56. The van der Waals surface area contributed by atoms with Crippen LogP contribution in [0.5, 0.6) is 0 Å². The molecular weight excluding hydrogens is 342 g/mol. The number of rotatable bonds is 7. The quantitative estimate of drug-likeness (QED) is 0.761. The average molecular weight is 369 g/mol. The van der Waals surface area contributed by atoms with Crippen LogP contribution in [0, 0.1) is 0 Å². The molecule has 144 valence electrons. The SMILES string of the molecule is COC(=O)[C@H]1C[C@@H](O)[C@H](COCc2ccccc2)N1[C@@H](C)c1ccccc1. The van der Waals surface area contributed by atoms with E-state index in [0.717, 1.165) is 11.1 Å². The topological polar surface area (TPSA) is 59.0 Å². The number of nitrogens with zero attached hydrogens (tertiary/aromatic N) is 1. The van der Waals surface area contributed by atoms with Crippen LogP contribution in [0.3, 0.4) is 0 Å². The van der Waals surface area contributed by atoms with E-state index in [1.54, 1.807) is 0 Å². The van der Waals surface area contributed by atoms with Gasteiger partial charge in [-0.25, -0.2) is 0 Å². The largest absolute Gasteiger partial charge is 0.468 e. The van der Waals surface area contributed by atoms with Gasteiger partial charge in [-0.2, -0.15) is 0 Å². The Morgan fingerprint density at radius 2 is 1.78 bits per heavy atom. The van der Waals surface area contributed by atoms with Crippen LogP contribution < -0.4 is 0 Å². The van der Waals surface area contributed by atoms with Gasteiger partial charge < -0.3 is 14.6 Å². The van der Waals surface area contributed by atoms with Crippen LogP contribution in [0.2, 0.25) is 0 Å². The number of ether oxygens (including phenoxy) is 2. The summed E-state index contributed by atoms with van der Waals surface area (Å²) in [5.74, 6) is -0.317. The molecule has 0 unspecified atom stereocenters. The van der Waals surface area contributed by atoms with Crippen LogP contribution in [0.25, 0.3) is 0 Å². The molecule has 5 heteroatoms. The van der Waals surface area contributed by atoms with Crippen molar-refractivity contribution in [2.45, 2.75) is 44.2 Å². The van der Waals surface area contributed by atoms with Crippen molar-refractivity contribution in [3.05, 3.63) is 71.8 Å². The fraction of sp³-hybridized carbons (Fsp3) is 0.409. The molecule has 5 nitrogen and oxygen atoms in total. The van der Waals surface area contributed by atoms with Crippen LogP contribution in [-0.4, -0.2) is 47.9 Å². The third-order valence-electron chi connectivity index (χ3n) is 5.25. The van der Waals surface area contributed by atoms with Crippen LogP contribution in [0.4, 0.5) is 0 Å². The van der Waals surface area contributed by atoms with Crippen molar-refractivity contribution in [3.63, 3.8) is 0 Å². The van der Waals surface area contributed by atoms with Gasteiger partial charge in [0, 0.05) is 12.5 Å². The Morgan fingerprint density at radius 1 is 1.15 bits per heavy atom. The van der Waals surface area contributed by atoms with Crippen molar-refractivity contribution in [3.8, 4) is 0 Å². The molecule has 0 aromatic heterocycles. The van der Waals surface area contributed by atoms with Gasteiger partial charge in [-0.3, -0.25) is 9.69 Å². The molecule has 0 amide bonds. The second-order valence-electron chi connectivity index (χ2n) is 6.94. The van der Waals surface area contributed by atoms with Crippen molar-refractivity contribution < 1.29 is 19.4 Å². The molecule has 1 aliphatic rings. The number of benzene rings is 2. The highest BCUT2D eigenvalue weighted by atomic mass is 16.5. The number of carbonyl (C=O) groups is 1. The zero-order valence-corrected chi connectivity index (χ0v) is 15.8.